The molecule has 2 heterocycles. The van der Waals surface area contributed by atoms with Crippen LogP contribution in [0.1, 0.15) is 0 Å². The van der Waals surface area contributed by atoms with Gasteiger partial charge in [0.05, 0.1) is 11.4 Å². The molecule has 0 fully saturated rings. The molecule has 0 bridgehead atoms. The Morgan fingerprint density at radius 3 is 1.91 bits per heavy atom. The molecule has 0 radical (unpaired) electrons. The molecule has 45 heavy (non-hydrogen) atoms. The van der Waals surface area contributed by atoms with E-state index >= 15 is 0 Å². The van der Waals surface area contributed by atoms with Gasteiger partial charge in [-0.2, -0.15) is 0 Å². The molecule has 0 aliphatic heterocycles. The Labute approximate surface area is 260 Å². The second kappa shape index (κ2) is 10.3. The summed E-state index contributed by atoms with van der Waals surface area (Å²) in [6.07, 6.45) is 0. The SMILES string of the molecule is c1ccc(-c2nc(-c3ccc(-c4cc5ccccc5o4)cc3)cc(-c3cccc4c3ccc3cc5ccccc5cc34)n2)cc1. The summed E-state index contributed by atoms with van der Waals surface area (Å²) in [6.45, 7) is 0. The summed E-state index contributed by atoms with van der Waals surface area (Å²) in [5, 5.41) is 8.45. The molecular weight excluding hydrogens is 548 g/mol. The molecule has 0 N–H and O–H groups in total. The number of para-hydroxylation sites is 1. The molecule has 0 aliphatic rings. The molecule has 2 aromatic heterocycles. The van der Waals surface area contributed by atoms with Gasteiger partial charge in [-0.05, 0) is 62.6 Å². The van der Waals surface area contributed by atoms with Gasteiger partial charge in [-0.3, -0.25) is 0 Å². The smallest absolute Gasteiger partial charge is 0.160 e. The van der Waals surface area contributed by atoms with Crippen LogP contribution in [0.5, 0.6) is 0 Å². The number of fused-ring (bicyclic) bond motifs is 5. The molecule has 210 valence electrons. The third-order valence-corrected chi connectivity index (χ3v) is 8.67. The monoisotopic (exact) mass is 574 g/mol. The first-order valence-electron chi connectivity index (χ1n) is 15.2. The number of aromatic nitrogens is 2. The maximum absolute atomic E-state index is 6.12. The molecule has 0 spiro atoms. The second-order valence-electron chi connectivity index (χ2n) is 11.4. The van der Waals surface area contributed by atoms with Gasteiger partial charge in [0.2, 0.25) is 0 Å². The van der Waals surface area contributed by atoms with Gasteiger partial charge in [0.25, 0.3) is 0 Å². The summed E-state index contributed by atoms with van der Waals surface area (Å²) in [5.74, 6) is 1.56. The molecule has 0 saturated heterocycles. The molecule has 9 rings (SSSR count). The highest BCUT2D eigenvalue weighted by atomic mass is 16.3. The van der Waals surface area contributed by atoms with Crippen LogP contribution in [-0.4, -0.2) is 9.97 Å². The molecule has 7 aromatic carbocycles. The number of furan rings is 1. The summed E-state index contributed by atoms with van der Waals surface area (Å²) in [4.78, 5) is 10.2. The van der Waals surface area contributed by atoms with Gasteiger partial charge in [0.15, 0.2) is 5.82 Å². The molecule has 0 atom stereocenters. The average Bonchev–Trinajstić information content (AvgIpc) is 3.55. The normalized spacial score (nSPS) is 11.6. The molecule has 0 aliphatic carbocycles. The summed E-state index contributed by atoms with van der Waals surface area (Å²) in [6, 6.07) is 55.1. The zero-order chi connectivity index (χ0) is 29.7. The van der Waals surface area contributed by atoms with Crippen LogP contribution in [0.4, 0.5) is 0 Å². The van der Waals surface area contributed by atoms with E-state index in [1.807, 2.05) is 36.4 Å². The molecule has 3 nitrogen and oxygen atoms in total. The Morgan fingerprint density at radius 2 is 1.09 bits per heavy atom. The summed E-state index contributed by atoms with van der Waals surface area (Å²) in [7, 11) is 0. The van der Waals surface area contributed by atoms with Crippen molar-refractivity contribution in [3.63, 3.8) is 0 Å². The van der Waals surface area contributed by atoms with E-state index < -0.39 is 0 Å². The molecule has 0 saturated carbocycles. The van der Waals surface area contributed by atoms with Crippen molar-refractivity contribution in [2.24, 2.45) is 0 Å². The van der Waals surface area contributed by atoms with E-state index in [1.54, 1.807) is 0 Å². The summed E-state index contributed by atoms with van der Waals surface area (Å²) >= 11 is 0. The maximum Gasteiger partial charge on any atom is 0.160 e. The van der Waals surface area contributed by atoms with E-state index in [1.165, 1.54) is 32.3 Å². The first-order valence-corrected chi connectivity index (χ1v) is 15.2. The Hall–Kier alpha value is -6.06. The first kappa shape index (κ1) is 25.4. The van der Waals surface area contributed by atoms with Gasteiger partial charge < -0.3 is 4.42 Å². The Kier molecular flexibility index (Phi) is 5.82. The highest BCUT2D eigenvalue weighted by Gasteiger charge is 2.15. The van der Waals surface area contributed by atoms with E-state index in [9.17, 15) is 0 Å². The van der Waals surface area contributed by atoms with Crippen LogP contribution in [0.3, 0.4) is 0 Å². The molecular formula is C42H26N2O. The van der Waals surface area contributed by atoms with Crippen molar-refractivity contribution in [1.82, 2.24) is 9.97 Å². The highest BCUT2D eigenvalue weighted by molar-refractivity contribution is 6.15. The third kappa shape index (κ3) is 4.45. The topological polar surface area (TPSA) is 38.9 Å². The Balaban J connectivity index is 1.20. The Morgan fingerprint density at radius 1 is 0.378 bits per heavy atom. The highest BCUT2D eigenvalue weighted by Crippen LogP contribution is 2.37. The van der Waals surface area contributed by atoms with Crippen LogP contribution >= 0.6 is 0 Å². The van der Waals surface area contributed by atoms with E-state index in [2.05, 4.69) is 121 Å². The van der Waals surface area contributed by atoms with Crippen LogP contribution in [0.25, 0.3) is 88.5 Å². The van der Waals surface area contributed by atoms with Crippen molar-refractivity contribution in [3.8, 4) is 45.2 Å². The predicted molar refractivity (Wildman–Crippen MR) is 186 cm³/mol. The minimum atomic E-state index is 0.702. The fraction of sp³-hybridized carbons (Fsp3) is 0. The fourth-order valence-electron chi connectivity index (χ4n) is 6.38. The standard InChI is InChI=1S/C42H26N2O/c1-2-9-29(10-3-1)42-43-38(27-17-19-28(20-18-27)41-25-33-13-6-7-16-40(33)45-41)26-39(44-42)36-15-8-14-34-35(36)22-21-32-23-30-11-4-5-12-31(30)24-37(32)34/h1-26H. The van der Waals surface area contributed by atoms with Gasteiger partial charge in [-0.1, -0.05) is 127 Å². The maximum atomic E-state index is 6.12. The van der Waals surface area contributed by atoms with Crippen LogP contribution < -0.4 is 0 Å². The first-order chi connectivity index (χ1) is 22.3. The number of hydrogen-bond donors (Lipinski definition) is 0. The molecule has 0 amide bonds. The lowest BCUT2D eigenvalue weighted by Crippen LogP contribution is -1.96. The quantitative estimate of drug-likeness (QED) is 0.155. The van der Waals surface area contributed by atoms with Gasteiger partial charge in [-0.15, -0.1) is 0 Å². The van der Waals surface area contributed by atoms with Crippen LogP contribution in [-0.2, 0) is 0 Å². The number of nitrogens with zero attached hydrogens (tertiary/aromatic N) is 2. The van der Waals surface area contributed by atoms with E-state index in [-0.39, 0.29) is 0 Å². The molecule has 9 aromatic rings. The summed E-state index contributed by atoms with van der Waals surface area (Å²) in [5.41, 5.74) is 6.78. The lowest BCUT2D eigenvalue weighted by Gasteiger charge is -2.13. The van der Waals surface area contributed by atoms with Crippen LogP contribution in [0, 0.1) is 0 Å². The van der Waals surface area contributed by atoms with Crippen molar-refractivity contribution in [3.05, 3.63) is 158 Å². The second-order valence-corrected chi connectivity index (χ2v) is 11.4. The third-order valence-electron chi connectivity index (χ3n) is 8.67. The van der Waals surface area contributed by atoms with Gasteiger partial charge in [-0.25, -0.2) is 9.97 Å². The lowest BCUT2D eigenvalue weighted by molar-refractivity contribution is 0.631. The predicted octanol–water partition coefficient (Wildman–Crippen LogP) is 11.4. The molecule has 3 heteroatoms. The van der Waals surface area contributed by atoms with E-state index in [4.69, 9.17) is 14.4 Å². The minimum absolute atomic E-state index is 0.702. The zero-order valence-corrected chi connectivity index (χ0v) is 24.3. The van der Waals surface area contributed by atoms with Crippen molar-refractivity contribution in [1.29, 1.82) is 0 Å². The van der Waals surface area contributed by atoms with Crippen LogP contribution in [0.2, 0.25) is 0 Å². The van der Waals surface area contributed by atoms with Crippen molar-refractivity contribution in [2.45, 2.75) is 0 Å². The Bertz CT molecular complexity index is 2500. The summed E-state index contributed by atoms with van der Waals surface area (Å²) < 4.78 is 6.12. The fourth-order valence-corrected chi connectivity index (χ4v) is 6.38. The van der Waals surface area contributed by atoms with Crippen molar-refractivity contribution >= 4 is 43.3 Å². The van der Waals surface area contributed by atoms with E-state index in [0.29, 0.717) is 5.82 Å². The van der Waals surface area contributed by atoms with Crippen LogP contribution in [0.15, 0.2) is 162 Å². The van der Waals surface area contributed by atoms with Crippen molar-refractivity contribution in [2.75, 3.05) is 0 Å². The van der Waals surface area contributed by atoms with Gasteiger partial charge in [0.1, 0.15) is 11.3 Å². The van der Waals surface area contributed by atoms with Crippen molar-refractivity contribution < 1.29 is 4.42 Å². The molecule has 0 unspecified atom stereocenters. The number of benzene rings is 7. The van der Waals surface area contributed by atoms with E-state index in [0.717, 1.165) is 50.4 Å². The van der Waals surface area contributed by atoms with Gasteiger partial charge >= 0.3 is 0 Å². The van der Waals surface area contributed by atoms with Gasteiger partial charge in [0, 0.05) is 27.6 Å². The largest absolute Gasteiger partial charge is 0.456 e. The lowest BCUT2D eigenvalue weighted by atomic mass is 9.94. The number of rotatable bonds is 4. The minimum Gasteiger partial charge on any atom is -0.456 e. The number of hydrogen-bond acceptors (Lipinski definition) is 3. The average molecular weight is 575 g/mol. The zero-order valence-electron chi connectivity index (χ0n) is 24.3.